The molecule has 0 amide bonds. The second-order valence-electron chi connectivity index (χ2n) is 3.46. The monoisotopic (exact) mass is 271 g/mol. The molecule has 0 spiro atoms. The van der Waals surface area contributed by atoms with Crippen molar-refractivity contribution < 1.29 is 19.6 Å². The predicted molar refractivity (Wildman–Crippen MR) is 68.1 cm³/mol. The van der Waals surface area contributed by atoms with Crippen LogP contribution in [0, 0.1) is 10.1 Å². The number of rotatable bonds is 7. The van der Waals surface area contributed by atoms with Gasteiger partial charge in [0.05, 0.1) is 18.5 Å². The van der Waals surface area contributed by atoms with Crippen molar-refractivity contribution in [3.8, 4) is 5.75 Å². The average molecular weight is 271 g/mol. The molecule has 0 aliphatic rings. The van der Waals surface area contributed by atoms with Crippen LogP contribution in [0.2, 0.25) is 0 Å². The van der Waals surface area contributed by atoms with E-state index >= 15 is 0 Å². The summed E-state index contributed by atoms with van der Waals surface area (Å²) in [6, 6.07) is 4.73. The number of methoxy groups -OCH3 is 1. The number of nitro groups is 1. The Morgan fingerprint density at radius 2 is 2.28 bits per heavy atom. The van der Waals surface area contributed by atoms with E-state index in [1.54, 1.807) is 12.1 Å². The van der Waals surface area contributed by atoms with Gasteiger partial charge < -0.3 is 9.84 Å². The summed E-state index contributed by atoms with van der Waals surface area (Å²) < 4.78 is 4.89. The van der Waals surface area contributed by atoms with Gasteiger partial charge in [-0.15, -0.1) is 0 Å². The summed E-state index contributed by atoms with van der Waals surface area (Å²) in [6.07, 6.45) is 0.0862. The van der Waals surface area contributed by atoms with Crippen LogP contribution in [0.1, 0.15) is 12.0 Å². The van der Waals surface area contributed by atoms with Crippen LogP contribution >= 0.6 is 11.8 Å². The zero-order chi connectivity index (χ0) is 13.5. The zero-order valence-corrected chi connectivity index (χ0v) is 10.6. The van der Waals surface area contributed by atoms with Gasteiger partial charge in [0, 0.05) is 17.6 Å². The number of benzene rings is 1. The molecule has 0 unspecified atom stereocenters. The van der Waals surface area contributed by atoms with Gasteiger partial charge in [0.1, 0.15) is 0 Å². The van der Waals surface area contributed by atoms with Gasteiger partial charge in [-0.25, -0.2) is 0 Å². The summed E-state index contributed by atoms with van der Waals surface area (Å²) in [4.78, 5) is 20.6. The van der Waals surface area contributed by atoms with Gasteiger partial charge in [0.15, 0.2) is 5.75 Å². The molecule has 1 rings (SSSR count). The third-order valence-corrected chi connectivity index (χ3v) is 3.20. The van der Waals surface area contributed by atoms with E-state index in [1.807, 2.05) is 0 Å². The van der Waals surface area contributed by atoms with E-state index in [-0.39, 0.29) is 17.9 Å². The molecule has 0 aromatic heterocycles. The van der Waals surface area contributed by atoms with Crippen molar-refractivity contribution in [2.45, 2.75) is 12.2 Å². The molecule has 0 aliphatic carbocycles. The Labute approximate surface area is 108 Å². The van der Waals surface area contributed by atoms with E-state index in [2.05, 4.69) is 0 Å². The highest BCUT2D eigenvalue weighted by molar-refractivity contribution is 7.98. The number of thioether (sulfide) groups is 1. The quantitative estimate of drug-likeness (QED) is 0.465. The summed E-state index contributed by atoms with van der Waals surface area (Å²) in [5.74, 6) is 0.398. The molecule has 0 aliphatic heterocycles. The molecule has 7 heteroatoms. The number of carboxylic acids is 1. The second-order valence-corrected chi connectivity index (χ2v) is 4.56. The molecule has 0 heterocycles. The van der Waals surface area contributed by atoms with Crippen molar-refractivity contribution >= 4 is 23.4 Å². The number of hydrogen-bond donors (Lipinski definition) is 1. The zero-order valence-electron chi connectivity index (χ0n) is 9.79. The van der Waals surface area contributed by atoms with Crippen LogP contribution in [-0.4, -0.2) is 28.9 Å². The van der Waals surface area contributed by atoms with Gasteiger partial charge >= 0.3 is 11.7 Å². The Balaban J connectivity index is 2.64. The number of ether oxygens (including phenoxy) is 1. The highest BCUT2D eigenvalue weighted by Gasteiger charge is 2.14. The average Bonchev–Trinajstić information content (AvgIpc) is 2.34. The Hall–Kier alpha value is -1.76. The summed E-state index contributed by atoms with van der Waals surface area (Å²) in [5, 5.41) is 19.3. The summed E-state index contributed by atoms with van der Waals surface area (Å²) in [6.45, 7) is 0. The predicted octanol–water partition coefficient (Wildman–Crippen LogP) is 2.31. The lowest BCUT2D eigenvalue weighted by Gasteiger charge is -2.04. The van der Waals surface area contributed by atoms with Crippen LogP contribution in [-0.2, 0) is 10.5 Å². The fourth-order valence-electron chi connectivity index (χ4n) is 1.32. The molecule has 1 aromatic rings. The standard InChI is InChI=1S/C11H13NO5S/c1-17-10-3-2-8(6-9(10)12(15)16)7-18-5-4-11(13)14/h2-3,6H,4-5,7H2,1H3,(H,13,14). The van der Waals surface area contributed by atoms with Gasteiger partial charge in [-0.05, 0) is 11.6 Å². The van der Waals surface area contributed by atoms with Crippen molar-refractivity contribution in [3.05, 3.63) is 33.9 Å². The minimum absolute atomic E-state index is 0.0752. The number of nitro benzene ring substituents is 1. The SMILES string of the molecule is COc1ccc(CSCCC(=O)O)cc1[N+](=O)[O-]. The highest BCUT2D eigenvalue weighted by Crippen LogP contribution is 2.28. The van der Waals surface area contributed by atoms with Crippen LogP contribution in [0.15, 0.2) is 18.2 Å². The van der Waals surface area contributed by atoms with Gasteiger partial charge in [0.2, 0.25) is 0 Å². The maximum absolute atomic E-state index is 10.8. The number of carboxylic acid groups (broad SMARTS) is 1. The molecule has 0 radical (unpaired) electrons. The smallest absolute Gasteiger partial charge is 0.311 e. The number of carbonyl (C=O) groups is 1. The molecular formula is C11H13NO5S. The summed E-state index contributed by atoms with van der Waals surface area (Å²) in [7, 11) is 1.38. The van der Waals surface area contributed by atoms with Crippen LogP contribution in [0.3, 0.4) is 0 Å². The first-order chi connectivity index (χ1) is 8.54. The van der Waals surface area contributed by atoms with Crippen LogP contribution < -0.4 is 4.74 Å². The van der Waals surface area contributed by atoms with E-state index in [0.29, 0.717) is 11.5 Å². The van der Waals surface area contributed by atoms with Gasteiger partial charge in [-0.3, -0.25) is 14.9 Å². The Morgan fingerprint density at radius 3 is 2.83 bits per heavy atom. The largest absolute Gasteiger partial charge is 0.490 e. The van der Waals surface area contributed by atoms with Crippen LogP contribution in [0.5, 0.6) is 5.75 Å². The normalized spacial score (nSPS) is 10.1. The molecule has 0 saturated heterocycles. The minimum atomic E-state index is -0.844. The maximum Gasteiger partial charge on any atom is 0.311 e. The number of nitrogens with zero attached hydrogens (tertiary/aromatic N) is 1. The highest BCUT2D eigenvalue weighted by atomic mass is 32.2. The first kappa shape index (κ1) is 14.3. The molecule has 0 atom stereocenters. The lowest BCUT2D eigenvalue weighted by atomic mass is 10.2. The maximum atomic E-state index is 10.8. The lowest BCUT2D eigenvalue weighted by Crippen LogP contribution is -1.97. The van der Waals surface area contributed by atoms with Crippen molar-refractivity contribution in [1.29, 1.82) is 0 Å². The minimum Gasteiger partial charge on any atom is -0.490 e. The molecule has 0 saturated carbocycles. The molecule has 0 fully saturated rings. The van der Waals surface area contributed by atoms with Gasteiger partial charge in [-0.2, -0.15) is 11.8 Å². The molecule has 1 aromatic carbocycles. The first-order valence-corrected chi connectivity index (χ1v) is 6.31. The van der Waals surface area contributed by atoms with Crippen molar-refractivity contribution in [2.75, 3.05) is 12.9 Å². The molecular weight excluding hydrogens is 258 g/mol. The van der Waals surface area contributed by atoms with Gasteiger partial charge in [0.25, 0.3) is 0 Å². The molecule has 6 nitrogen and oxygen atoms in total. The summed E-state index contributed by atoms with van der Waals surface area (Å²) >= 11 is 1.42. The van der Waals surface area contributed by atoms with Crippen molar-refractivity contribution in [3.63, 3.8) is 0 Å². The van der Waals surface area contributed by atoms with Crippen LogP contribution in [0.25, 0.3) is 0 Å². The first-order valence-electron chi connectivity index (χ1n) is 5.15. The Kier molecular flexibility index (Phi) is 5.44. The lowest BCUT2D eigenvalue weighted by molar-refractivity contribution is -0.385. The topological polar surface area (TPSA) is 89.7 Å². The van der Waals surface area contributed by atoms with E-state index in [9.17, 15) is 14.9 Å². The molecule has 98 valence electrons. The van der Waals surface area contributed by atoms with Gasteiger partial charge in [-0.1, -0.05) is 6.07 Å². The van der Waals surface area contributed by atoms with E-state index in [1.165, 1.54) is 24.9 Å². The molecule has 18 heavy (non-hydrogen) atoms. The van der Waals surface area contributed by atoms with Crippen molar-refractivity contribution in [2.24, 2.45) is 0 Å². The third-order valence-electron chi connectivity index (χ3n) is 2.17. The van der Waals surface area contributed by atoms with Crippen molar-refractivity contribution in [1.82, 2.24) is 0 Å². The fourth-order valence-corrected chi connectivity index (χ4v) is 2.20. The number of hydrogen-bond acceptors (Lipinski definition) is 5. The number of aliphatic carboxylic acids is 1. The molecule has 1 N–H and O–H groups in total. The molecule has 0 bridgehead atoms. The van der Waals surface area contributed by atoms with E-state index in [4.69, 9.17) is 9.84 Å². The third kappa shape index (κ3) is 4.25. The van der Waals surface area contributed by atoms with Crippen LogP contribution in [0.4, 0.5) is 5.69 Å². The fraction of sp³-hybridized carbons (Fsp3) is 0.364. The summed E-state index contributed by atoms with van der Waals surface area (Å²) in [5.41, 5.74) is 0.701. The Bertz CT molecular complexity index is 449. The van der Waals surface area contributed by atoms with E-state index in [0.717, 1.165) is 5.56 Å². The Morgan fingerprint density at radius 1 is 1.56 bits per heavy atom. The second kappa shape index (κ2) is 6.85. The van der Waals surface area contributed by atoms with E-state index < -0.39 is 10.9 Å².